The van der Waals surface area contributed by atoms with Crippen LogP contribution in [0.5, 0.6) is 0 Å². The molecule has 0 aromatic rings. The van der Waals surface area contributed by atoms with Gasteiger partial charge in [-0.25, -0.2) is 0 Å². The van der Waals surface area contributed by atoms with Gasteiger partial charge in [0.2, 0.25) is 0 Å². The molecule has 0 amide bonds. The Morgan fingerprint density at radius 3 is 2.30 bits per heavy atom. The molecule has 2 heteroatoms. The first-order valence-electron chi connectivity index (χ1n) is 3.72. The number of nitrogens with one attached hydrogen (secondary N) is 1. The Labute approximate surface area is 68.1 Å². The molecule has 60 valence electrons. The minimum atomic E-state index is 0.264. The van der Waals surface area contributed by atoms with Gasteiger partial charge in [0.25, 0.3) is 0 Å². The molecule has 0 spiro atoms. The summed E-state index contributed by atoms with van der Waals surface area (Å²) >= 11 is 1.66. The molecule has 1 nitrogen and oxygen atoms in total. The topological polar surface area (TPSA) is 23.9 Å². The number of rotatable bonds is 3. The van der Waals surface area contributed by atoms with Crippen molar-refractivity contribution in [3.05, 3.63) is 0 Å². The van der Waals surface area contributed by atoms with Crippen LogP contribution in [0.2, 0.25) is 0 Å². The molecule has 0 aliphatic heterocycles. The van der Waals surface area contributed by atoms with Gasteiger partial charge in [-0.1, -0.05) is 27.2 Å². The highest BCUT2D eigenvalue weighted by Gasteiger charge is 2.17. The van der Waals surface area contributed by atoms with E-state index in [9.17, 15) is 0 Å². The maximum Gasteiger partial charge on any atom is 0.0615 e. The molecular weight excluding hydrogens is 142 g/mol. The molecule has 0 aliphatic rings. The van der Waals surface area contributed by atoms with E-state index >= 15 is 0 Å². The zero-order valence-corrected chi connectivity index (χ0v) is 8.14. The molecule has 0 unspecified atom stereocenters. The van der Waals surface area contributed by atoms with Crippen LogP contribution >= 0.6 is 11.8 Å². The van der Waals surface area contributed by atoms with Crippen molar-refractivity contribution in [1.29, 1.82) is 5.41 Å². The van der Waals surface area contributed by atoms with Gasteiger partial charge in [-0.2, -0.15) is 0 Å². The summed E-state index contributed by atoms with van der Waals surface area (Å²) in [6.45, 7) is 8.42. The van der Waals surface area contributed by atoms with Crippen molar-refractivity contribution < 1.29 is 0 Å². The zero-order valence-electron chi connectivity index (χ0n) is 7.32. The monoisotopic (exact) mass is 159 g/mol. The van der Waals surface area contributed by atoms with Crippen LogP contribution in [0, 0.1) is 5.41 Å². The highest BCUT2D eigenvalue weighted by molar-refractivity contribution is 8.14. The van der Waals surface area contributed by atoms with Crippen molar-refractivity contribution in [3.8, 4) is 0 Å². The van der Waals surface area contributed by atoms with Crippen molar-refractivity contribution in [3.63, 3.8) is 0 Å². The fourth-order valence-corrected chi connectivity index (χ4v) is 2.20. The van der Waals surface area contributed by atoms with Crippen LogP contribution in [0.1, 0.15) is 40.5 Å². The minimum Gasteiger partial charge on any atom is -0.299 e. The van der Waals surface area contributed by atoms with E-state index in [0.29, 0.717) is 0 Å². The predicted molar refractivity (Wildman–Crippen MR) is 50.0 cm³/mol. The summed E-state index contributed by atoms with van der Waals surface area (Å²) in [5, 5.41) is 8.01. The fourth-order valence-electron chi connectivity index (χ4n) is 1.07. The Morgan fingerprint density at radius 1 is 1.50 bits per heavy atom. The van der Waals surface area contributed by atoms with E-state index in [0.717, 1.165) is 5.04 Å². The van der Waals surface area contributed by atoms with Crippen LogP contribution in [0.25, 0.3) is 0 Å². The van der Waals surface area contributed by atoms with Gasteiger partial charge in [0, 0.05) is 4.75 Å². The summed E-state index contributed by atoms with van der Waals surface area (Å²) in [4.78, 5) is 0. The van der Waals surface area contributed by atoms with Crippen LogP contribution in [0.4, 0.5) is 0 Å². The highest BCUT2D eigenvalue weighted by atomic mass is 32.2. The summed E-state index contributed by atoms with van der Waals surface area (Å²) in [6, 6.07) is 0. The summed E-state index contributed by atoms with van der Waals surface area (Å²) in [6.07, 6.45) is 2.39. The summed E-state index contributed by atoms with van der Waals surface area (Å²) < 4.78 is 0.264. The average Bonchev–Trinajstić information content (AvgIpc) is 1.59. The number of hydrogen-bond donors (Lipinski definition) is 1. The molecule has 0 saturated carbocycles. The number of hydrogen-bond acceptors (Lipinski definition) is 2. The normalized spacial score (nSPS) is 11.6. The molecule has 0 aromatic carbocycles. The largest absolute Gasteiger partial charge is 0.299 e. The van der Waals surface area contributed by atoms with E-state index < -0.39 is 0 Å². The van der Waals surface area contributed by atoms with Gasteiger partial charge in [-0.15, -0.1) is 11.8 Å². The third-order valence-electron chi connectivity index (χ3n) is 1.28. The van der Waals surface area contributed by atoms with Gasteiger partial charge < -0.3 is 0 Å². The number of thioether (sulfide) groups is 1. The maximum atomic E-state index is 7.29. The van der Waals surface area contributed by atoms with E-state index in [2.05, 4.69) is 20.8 Å². The Balaban J connectivity index is 3.74. The molecule has 0 fully saturated rings. The first kappa shape index (κ1) is 10.0. The average molecular weight is 159 g/mol. The van der Waals surface area contributed by atoms with Gasteiger partial charge in [-0.3, -0.25) is 5.41 Å². The second-order valence-electron chi connectivity index (χ2n) is 3.17. The quantitative estimate of drug-likeness (QED) is 0.496. The maximum absolute atomic E-state index is 7.29. The molecule has 0 bridgehead atoms. The minimum absolute atomic E-state index is 0.264. The lowest BCUT2D eigenvalue weighted by Gasteiger charge is -2.21. The van der Waals surface area contributed by atoms with Gasteiger partial charge in [0.15, 0.2) is 0 Å². The molecule has 0 atom stereocenters. The van der Waals surface area contributed by atoms with Crippen LogP contribution in [-0.4, -0.2) is 9.79 Å². The van der Waals surface area contributed by atoms with Crippen LogP contribution in [0.3, 0.4) is 0 Å². The third kappa shape index (κ3) is 4.86. The molecule has 0 rings (SSSR count). The Bertz CT molecular complexity index is 118. The summed E-state index contributed by atoms with van der Waals surface area (Å²) in [7, 11) is 0. The Morgan fingerprint density at radius 2 is 2.00 bits per heavy atom. The lowest BCUT2D eigenvalue weighted by Crippen LogP contribution is -2.15. The van der Waals surface area contributed by atoms with E-state index in [4.69, 9.17) is 5.41 Å². The van der Waals surface area contributed by atoms with Gasteiger partial charge in [0.1, 0.15) is 0 Å². The van der Waals surface area contributed by atoms with Crippen LogP contribution in [-0.2, 0) is 0 Å². The summed E-state index contributed by atoms with van der Waals surface area (Å²) in [5.74, 6) is 0. The van der Waals surface area contributed by atoms with E-state index in [1.807, 2.05) is 6.92 Å². The second-order valence-corrected chi connectivity index (χ2v) is 5.09. The SMILES string of the molecule is CCCC(C)(C)SC(C)=N. The van der Waals surface area contributed by atoms with Crippen LogP contribution < -0.4 is 0 Å². The van der Waals surface area contributed by atoms with Crippen molar-refractivity contribution in [2.45, 2.75) is 45.3 Å². The highest BCUT2D eigenvalue weighted by Crippen LogP contribution is 2.29. The molecule has 0 aromatic heterocycles. The van der Waals surface area contributed by atoms with Crippen molar-refractivity contribution >= 4 is 16.8 Å². The smallest absolute Gasteiger partial charge is 0.0615 e. The Hall–Kier alpha value is 0.0200. The lowest BCUT2D eigenvalue weighted by molar-refractivity contribution is 0.630. The van der Waals surface area contributed by atoms with E-state index in [-0.39, 0.29) is 4.75 Å². The first-order valence-corrected chi connectivity index (χ1v) is 4.54. The molecule has 0 aliphatic carbocycles. The zero-order chi connectivity index (χ0) is 8.20. The molecular formula is C8H17NS. The van der Waals surface area contributed by atoms with Crippen molar-refractivity contribution in [2.75, 3.05) is 0 Å². The standard InChI is InChI=1S/C8H17NS/c1-5-6-8(3,4)10-7(2)9/h9H,5-6H2,1-4H3. The van der Waals surface area contributed by atoms with Gasteiger partial charge >= 0.3 is 0 Å². The molecule has 0 radical (unpaired) electrons. The Kier molecular flexibility index (Phi) is 4.02. The predicted octanol–water partition coefficient (Wildman–Crippen LogP) is 3.30. The first-order chi connectivity index (χ1) is 4.48. The molecule has 0 heterocycles. The summed E-state index contributed by atoms with van der Waals surface area (Å²) in [5.41, 5.74) is 0. The van der Waals surface area contributed by atoms with E-state index in [1.54, 1.807) is 11.8 Å². The third-order valence-corrected chi connectivity index (χ3v) is 2.34. The second kappa shape index (κ2) is 4.02. The molecule has 10 heavy (non-hydrogen) atoms. The molecule has 1 N–H and O–H groups in total. The lowest BCUT2D eigenvalue weighted by atomic mass is 10.1. The van der Waals surface area contributed by atoms with Crippen LogP contribution in [0.15, 0.2) is 0 Å². The van der Waals surface area contributed by atoms with E-state index in [1.165, 1.54) is 12.8 Å². The van der Waals surface area contributed by atoms with Crippen molar-refractivity contribution in [1.82, 2.24) is 0 Å². The fraction of sp³-hybridized carbons (Fsp3) is 0.875. The van der Waals surface area contributed by atoms with Gasteiger partial charge in [-0.05, 0) is 13.3 Å². The molecule has 0 saturated heterocycles. The van der Waals surface area contributed by atoms with Crippen molar-refractivity contribution in [2.24, 2.45) is 0 Å². The van der Waals surface area contributed by atoms with Gasteiger partial charge in [0.05, 0.1) is 5.04 Å².